The monoisotopic (exact) mass is 768 g/mol. The van der Waals surface area contributed by atoms with Crippen LogP contribution in [0.5, 0.6) is 0 Å². The highest BCUT2D eigenvalue weighted by Crippen LogP contribution is 2.52. The second kappa shape index (κ2) is 20.1. The van der Waals surface area contributed by atoms with Gasteiger partial charge in [-0.25, -0.2) is 6.57 Å². The summed E-state index contributed by atoms with van der Waals surface area (Å²) in [6.45, 7) is 19.5. The van der Waals surface area contributed by atoms with E-state index in [0.717, 1.165) is 5.56 Å². The molecule has 0 aromatic heterocycles. The molecule has 1 heterocycles. The fourth-order valence-corrected chi connectivity index (χ4v) is 8.25. The number of nitrogens with one attached hydrogen (secondary N) is 3. The Bertz CT molecular complexity index is 1390. The zero-order chi connectivity index (χ0) is 39.3. The number of thioether (sulfide) groups is 1. The van der Waals surface area contributed by atoms with Crippen LogP contribution in [0.4, 0.5) is 0 Å². The summed E-state index contributed by atoms with van der Waals surface area (Å²) in [5, 5.41) is 47.8. The van der Waals surface area contributed by atoms with Gasteiger partial charge in [0.2, 0.25) is 23.3 Å². The average molecular weight is 769 g/mol. The lowest BCUT2D eigenvalue weighted by Gasteiger charge is -2.47. The van der Waals surface area contributed by atoms with Crippen LogP contribution in [0.2, 0.25) is 0 Å². The highest BCUT2D eigenvalue weighted by Gasteiger charge is 2.55. The maximum atomic E-state index is 14.1. The van der Waals surface area contributed by atoms with Crippen molar-refractivity contribution in [3.05, 3.63) is 47.3 Å². The molecule has 0 aliphatic carbocycles. The molecule has 2 rings (SSSR count). The van der Waals surface area contributed by atoms with Crippen molar-refractivity contribution in [2.75, 3.05) is 46.1 Å². The molecule has 2 unspecified atom stereocenters. The minimum atomic E-state index is -1.44. The lowest BCUT2D eigenvalue weighted by Crippen LogP contribution is -2.64. The Balaban J connectivity index is 2.15. The second-order valence-electron chi connectivity index (χ2n) is 14.6. The van der Waals surface area contributed by atoms with Crippen LogP contribution in [0.15, 0.2) is 30.3 Å². The molecule has 1 aromatic carbocycles. The van der Waals surface area contributed by atoms with Gasteiger partial charge >= 0.3 is 0 Å². The Hall–Kier alpha value is -2.72. The van der Waals surface area contributed by atoms with E-state index in [-0.39, 0.29) is 64.2 Å². The molecule has 7 N–H and O–H groups in total. The molecule has 292 valence electrons. The van der Waals surface area contributed by atoms with Crippen LogP contribution in [-0.4, -0.2) is 129 Å². The van der Waals surface area contributed by atoms with Gasteiger partial charge in [0.25, 0.3) is 0 Å². The molecule has 1 saturated heterocycles. The van der Waals surface area contributed by atoms with Crippen molar-refractivity contribution in [2.24, 2.45) is 10.8 Å². The largest absolute Gasteiger partial charge is 0.395 e. The van der Waals surface area contributed by atoms with Crippen molar-refractivity contribution in [2.45, 2.75) is 102 Å². The maximum Gasteiger partial charge on any atom is 0.236 e. The van der Waals surface area contributed by atoms with E-state index in [0.29, 0.717) is 4.20 Å². The van der Waals surface area contributed by atoms with Crippen LogP contribution >= 0.6 is 24.0 Å². The molecule has 0 bridgehead atoms. The molecule has 16 heteroatoms. The van der Waals surface area contributed by atoms with E-state index in [4.69, 9.17) is 33.0 Å². The number of benzene rings is 1. The summed E-state index contributed by atoms with van der Waals surface area (Å²) in [5.74, 6) is -1.12. The Morgan fingerprint density at radius 2 is 1.58 bits per heavy atom. The molecule has 3 amide bonds. The van der Waals surface area contributed by atoms with Crippen LogP contribution in [-0.2, 0) is 28.6 Å². The zero-order valence-electron chi connectivity index (χ0n) is 31.1. The van der Waals surface area contributed by atoms with Crippen molar-refractivity contribution in [3.8, 4) is 0 Å². The van der Waals surface area contributed by atoms with E-state index in [2.05, 4.69) is 20.8 Å². The second-order valence-corrected chi connectivity index (χ2v) is 16.8. The smallest absolute Gasteiger partial charge is 0.236 e. The van der Waals surface area contributed by atoms with Gasteiger partial charge in [0.15, 0.2) is 6.29 Å². The molecule has 1 fully saturated rings. The number of amides is 3. The summed E-state index contributed by atoms with van der Waals surface area (Å²) >= 11 is 6.98. The lowest BCUT2D eigenvalue weighted by molar-refractivity contribution is -0.272. The predicted molar refractivity (Wildman–Crippen MR) is 201 cm³/mol. The number of carbonyl (C=O) groups excluding carboxylic acids is 3. The molecule has 1 aliphatic heterocycles. The SMILES string of the molecule is [C-]#[N+]C(C)(C)CC(C)(C(=O)NCCOCCO[C@@H]1O[C@H](CO)[C@H](O)[C@H](O)[C@H]1NC(C)=O)C(C)(C)CC(C)(SC(=S)c1ccccc1)C(=O)NCCO. The fraction of sp³-hybridized carbons (Fsp3) is 0.694. The van der Waals surface area contributed by atoms with Gasteiger partial charge in [0.05, 0.1) is 47.4 Å². The zero-order valence-corrected chi connectivity index (χ0v) is 32.8. The third-order valence-electron chi connectivity index (χ3n) is 9.36. The van der Waals surface area contributed by atoms with Crippen molar-refractivity contribution in [3.63, 3.8) is 0 Å². The van der Waals surface area contributed by atoms with Crippen LogP contribution in [0.25, 0.3) is 4.85 Å². The first-order valence-corrected chi connectivity index (χ1v) is 18.4. The lowest BCUT2D eigenvalue weighted by atomic mass is 9.58. The summed E-state index contributed by atoms with van der Waals surface area (Å²) in [5.41, 5.74) is -2.14. The topological polar surface area (TPSA) is 200 Å². The van der Waals surface area contributed by atoms with Crippen molar-refractivity contribution >= 4 is 45.9 Å². The molecular formula is C36H56N4O10S2. The van der Waals surface area contributed by atoms with E-state index in [1.165, 1.54) is 18.7 Å². The number of ether oxygens (including phenoxy) is 3. The first kappa shape index (κ1) is 45.4. The normalized spacial score (nSPS) is 23.0. The molecule has 0 radical (unpaired) electrons. The van der Waals surface area contributed by atoms with E-state index in [1.807, 2.05) is 44.2 Å². The number of aliphatic hydroxyl groups excluding tert-OH is 4. The van der Waals surface area contributed by atoms with Crippen LogP contribution in [0.1, 0.15) is 66.9 Å². The number of thiocarbonyl (C=S) groups is 1. The molecule has 7 atom stereocenters. The van der Waals surface area contributed by atoms with E-state index in [9.17, 15) is 34.8 Å². The highest BCUT2D eigenvalue weighted by molar-refractivity contribution is 8.25. The third-order valence-corrected chi connectivity index (χ3v) is 11.0. The number of rotatable bonds is 20. The van der Waals surface area contributed by atoms with Gasteiger partial charge in [0.1, 0.15) is 24.4 Å². The summed E-state index contributed by atoms with van der Waals surface area (Å²) in [4.78, 5) is 43.3. The predicted octanol–water partition coefficient (Wildman–Crippen LogP) is 1.57. The summed E-state index contributed by atoms with van der Waals surface area (Å²) in [6.07, 6.45) is -4.75. The number of aliphatic hydroxyl groups is 4. The minimum Gasteiger partial charge on any atom is -0.395 e. The summed E-state index contributed by atoms with van der Waals surface area (Å²) in [6, 6.07) is 8.25. The number of nitrogens with zero attached hydrogens (tertiary/aromatic N) is 1. The average Bonchev–Trinajstić information content (AvgIpc) is 3.08. The number of carbonyl (C=O) groups is 3. The number of hydrogen-bond acceptors (Lipinski definition) is 12. The first-order valence-electron chi connectivity index (χ1n) is 17.2. The van der Waals surface area contributed by atoms with Gasteiger partial charge in [0, 0.05) is 40.3 Å². The third kappa shape index (κ3) is 12.4. The van der Waals surface area contributed by atoms with Gasteiger partial charge in [-0.2, -0.15) is 0 Å². The molecule has 1 aliphatic rings. The van der Waals surface area contributed by atoms with Gasteiger partial charge < -0.3 is 55.4 Å². The van der Waals surface area contributed by atoms with Crippen molar-refractivity contribution < 1.29 is 49.0 Å². The van der Waals surface area contributed by atoms with Gasteiger partial charge in [-0.15, -0.1) is 0 Å². The fourth-order valence-electron chi connectivity index (χ4n) is 6.30. The van der Waals surface area contributed by atoms with Crippen molar-refractivity contribution in [1.82, 2.24) is 16.0 Å². The quantitative estimate of drug-likeness (QED) is 0.0575. The van der Waals surface area contributed by atoms with Crippen LogP contribution < -0.4 is 16.0 Å². The van der Waals surface area contributed by atoms with Crippen LogP contribution in [0, 0.1) is 17.4 Å². The number of hydrogen-bond donors (Lipinski definition) is 7. The van der Waals surface area contributed by atoms with Crippen LogP contribution in [0.3, 0.4) is 0 Å². The molecule has 14 nitrogen and oxygen atoms in total. The molecule has 0 saturated carbocycles. The van der Waals surface area contributed by atoms with E-state index >= 15 is 0 Å². The van der Waals surface area contributed by atoms with Crippen molar-refractivity contribution in [1.29, 1.82) is 0 Å². The minimum absolute atomic E-state index is 0.0287. The Kier molecular flexibility index (Phi) is 17.6. The standard InChI is InChI=1S/C36H56N4O10S2/c1-23(43)40-26-28(45)27(44)25(20-42)50-29(26)49-19-18-48-17-15-39-31(46)35(6,22-34(4,5)37-8)33(2,3)21-36(7,32(47)38-14-16-41)52-30(51)24-12-10-9-11-13-24/h9-13,25-29,41-42,44-45H,14-22H2,1-7H3,(H,38,47)(H,39,46)(H,40,43)/t25-,26-,27+,28-,29-,35?,36?/m1/s1. The summed E-state index contributed by atoms with van der Waals surface area (Å²) in [7, 11) is 0. The summed E-state index contributed by atoms with van der Waals surface area (Å²) < 4.78 is 16.2. The highest BCUT2D eigenvalue weighted by atomic mass is 32.2. The van der Waals surface area contributed by atoms with Gasteiger partial charge in [-0.3, -0.25) is 14.4 Å². The van der Waals surface area contributed by atoms with E-state index < -0.39 is 64.3 Å². The van der Waals surface area contributed by atoms with E-state index in [1.54, 1.807) is 27.7 Å². The molecule has 1 aromatic rings. The maximum absolute atomic E-state index is 14.1. The van der Waals surface area contributed by atoms with Gasteiger partial charge in [-0.1, -0.05) is 68.2 Å². The first-order chi connectivity index (χ1) is 24.3. The molecule has 52 heavy (non-hydrogen) atoms. The Labute approximate surface area is 316 Å². The van der Waals surface area contributed by atoms with Gasteiger partial charge in [-0.05, 0) is 31.2 Å². The molecule has 0 spiro atoms. The molecular weight excluding hydrogens is 713 g/mol. The Morgan fingerprint density at radius 1 is 0.942 bits per heavy atom. The Morgan fingerprint density at radius 3 is 2.15 bits per heavy atom.